The molecule has 1 aromatic rings. The largest absolute Gasteiger partial charge is 0.390 e. The zero-order valence-corrected chi connectivity index (χ0v) is 12.5. The van der Waals surface area contributed by atoms with Crippen LogP contribution in [0.5, 0.6) is 0 Å². The quantitative estimate of drug-likeness (QED) is 0.804. The molecule has 0 aromatic heterocycles. The van der Waals surface area contributed by atoms with E-state index in [1.165, 1.54) is 24.0 Å². The highest BCUT2D eigenvalue weighted by Gasteiger charge is 2.32. The molecule has 0 spiro atoms. The van der Waals surface area contributed by atoms with Crippen molar-refractivity contribution in [2.45, 2.75) is 76.7 Å². The van der Waals surface area contributed by atoms with Gasteiger partial charge in [-0.3, -0.25) is 0 Å². The third-order valence-corrected chi connectivity index (χ3v) is 4.62. The minimum atomic E-state index is -0.368. The number of rotatable bonds is 5. The molecule has 1 N–H and O–H groups in total. The van der Waals surface area contributed by atoms with Crippen LogP contribution in [0.15, 0.2) is 24.3 Å². The van der Waals surface area contributed by atoms with Gasteiger partial charge in [-0.2, -0.15) is 0 Å². The molecule has 0 saturated heterocycles. The topological polar surface area (TPSA) is 20.2 Å². The molecule has 0 atom stereocenters. The number of benzene rings is 1. The van der Waals surface area contributed by atoms with Gasteiger partial charge in [0.2, 0.25) is 0 Å². The Morgan fingerprint density at radius 3 is 2.21 bits per heavy atom. The second-order valence-corrected chi connectivity index (χ2v) is 6.24. The molecule has 0 amide bonds. The molecule has 1 aliphatic carbocycles. The lowest BCUT2D eigenvalue weighted by Crippen LogP contribution is -2.33. The van der Waals surface area contributed by atoms with E-state index >= 15 is 0 Å². The minimum Gasteiger partial charge on any atom is -0.390 e. The van der Waals surface area contributed by atoms with Crippen LogP contribution in [0.2, 0.25) is 0 Å². The number of hydrogen-bond acceptors (Lipinski definition) is 1. The molecule has 1 aliphatic rings. The standard InChI is InChI=1S/C18H28O/c1-3-5-15-6-8-16(9-7-15)17-10-13-18(19,12-4-2)14-11-17/h6-9,17,19H,3-5,10-14H2,1-2H3. The molecule has 1 heteroatoms. The monoisotopic (exact) mass is 260 g/mol. The van der Waals surface area contributed by atoms with E-state index in [0.717, 1.165) is 38.5 Å². The van der Waals surface area contributed by atoms with Gasteiger partial charge in [-0.1, -0.05) is 51.0 Å². The highest BCUT2D eigenvalue weighted by atomic mass is 16.3. The molecule has 0 bridgehead atoms. The van der Waals surface area contributed by atoms with E-state index in [2.05, 4.69) is 38.1 Å². The van der Waals surface area contributed by atoms with Crippen molar-refractivity contribution in [3.05, 3.63) is 35.4 Å². The predicted molar refractivity (Wildman–Crippen MR) is 81.5 cm³/mol. The number of aliphatic hydroxyl groups is 1. The van der Waals surface area contributed by atoms with Gasteiger partial charge in [0, 0.05) is 0 Å². The zero-order chi connectivity index (χ0) is 13.7. The lowest BCUT2D eigenvalue weighted by Gasteiger charge is -2.36. The van der Waals surface area contributed by atoms with E-state index < -0.39 is 0 Å². The predicted octanol–water partition coefficient (Wildman–Crippen LogP) is 4.83. The van der Waals surface area contributed by atoms with Gasteiger partial charge < -0.3 is 5.11 Å². The Labute approximate surface area is 118 Å². The van der Waals surface area contributed by atoms with E-state index in [4.69, 9.17) is 0 Å². The van der Waals surface area contributed by atoms with Crippen LogP contribution in [0.4, 0.5) is 0 Å². The molecule has 1 fully saturated rings. The van der Waals surface area contributed by atoms with Crippen LogP contribution >= 0.6 is 0 Å². The van der Waals surface area contributed by atoms with Gasteiger partial charge in [0.1, 0.15) is 0 Å². The average Bonchev–Trinajstić information content (AvgIpc) is 2.41. The first-order valence-electron chi connectivity index (χ1n) is 7.98. The number of hydrogen-bond donors (Lipinski definition) is 1. The third-order valence-electron chi connectivity index (χ3n) is 4.62. The number of aryl methyl sites for hydroxylation is 1. The molecule has 0 radical (unpaired) electrons. The van der Waals surface area contributed by atoms with Gasteiger partial charge in [0.15, 0.2) is 0 Å². The summed E-state index contributed by atoms with van der Waals surface area (Å²) >= 11 is 0. The lowest BCUT2D eigenvalue weighted by atomic mass is 9.74. The van der Waals surface area contributed by atoms with Crippen molar-refractivity contribution in [1.82, 2.24) is 0 Å². The van der Waals surface area contributed by atoms with E-state index in [1.54, 1.807) is 0 Å². The van der Waals surface area contributed by atoms with Gasteiger partial charge in [-0.25, -0.2) is 0 Å². The van der Waals surface area contributed by atoms with Crippen LogP contribution < -0.4 is 0 Å². The summed E-state index contributed by atoms with van der Waals surface area (Å²) < 4.78 is 0. The van der Waals surface area contributed by atoms with Crippen LogP contribution in [-0.2, 0) is 6.42 Å². The van der Waals surface area contributed by atoms with Crippen molar-refractivity contribution in [2.24, 2.45) is 0 Å². The maximum atomic E-state index is 10.5. The second kappa shape index (κ2) is 6.56. The smallest absolute Gasteiger partial charge is 0.0648 e. The first-order valence-corrected chi connectivity index (χ1v) is 7.98. The molecule has 1 saturated carbocycles. The second-order valence-electron chi connectivity index (χ2n) is 6.24. The molecule has 106 valence electrons. The van der Waals surface area contributed by atoms with Gasteiger partial charge in [0.25, 0.3) is 0 Å². The highest BCUT2D eigenvalue weighted by Crippen LogP contribution is 2.40. The summed E-state index contributed by atoms with van der Waals surface area (Å²) in [6.07, 6.45) is 8.69. The van der Waals surface area contributed by atoms with Crippen molar-refractivity contribution in [2.75, 3.05) is 0 Å². The van der Waals surface area contributed by atoms with Gasteiger partial charge in [-0.15, -0.1) is 0 Å². The van der Waals surface area contributed by atoms with Gasteiger partial charge >= 0.3 is 0 Å². The Morgan fingerprint density at radius 2 is 1.68 bits per heavy atom. The molecule has 1 nitrogen and oxygen atoms in total. The van der Waals surface area contributed by atoms with Crippen molar-refractivity contribution in [3.63, 3.8) is 0 Å². The minimum absolute atomic E-state index is 0.368. The van der Waals surface area contributed by atoms with E-state index in [0.29, 0.717) is 5.92 Å². The van der Waals surface area contributed by atoms with Gasteiger partial charge in [-0.05, 0) is 55.6 Å². The molecule has 2 rings (SSSR count). The summed E-state index contributed by atoms with van der Waals surface area (Å²) in [6.45, 7) is 4.39. The molecule has 0 aliphatic heterocycles. The fraction of sp³-hybridized carbons (Fsp3) is 0.667. The Morgan fingerprint density at radius 1 is 1.05 bits per heavy atom. The highest BCUT2D eigenvalue weighted by molar-refractivity contribution is 5.26. The normalized spacial score (nSPS) is 27.4. The van der Waals surface area contributed by atoms with Gasteiger partial charge in [0.05, 0.1) is 5.60 Å². The molecule has 1 aromatic carbocycles. The molecule has 0 unspecified atom stereocenters. The molecular formula is C18H28O. The Balaban J connectivity index is 1.93. The van der Waals surface area contributed by atoms with Crippen LogP contribution in [0.25, 0.3) is 0 Å². The zero-order valence-electron chi connectivity index (χ0n) is 12.5. The summed E-state index contributed by atoms with van der Waals surface area (Å²) in [4.78, 5) is 0. The van der Waals surface area contributed by atoms with Crippen LogP contribution in [0.3, 0.4) is 0 Å². The fourth-order valence-electron chi connectivity index (χ4n) is 3.45. The van der Waals surface area contributed by atoms with E-state index in [1.807, 2.05) is 0 Å². The summed E-state index contributed by atoms with van der Waals surface area (Å²) in [7, 11) is 0. The van der Waals surface area contributed by atoms with Crippen molar-refractivity contribution < 1.29 is 5.11 Å². The Hall–Kier alpha value is -0.820. The first kappa shape index (κ1) is 14.6. The lowest BCUT2D eigenvalue weighted by molar-refractivity contribution is -0.00900. The molecule has 0 heterocycles. The summed E-state index contributed by atoms with van der Waals surface area (Å²) in [5.74, 6) is 0.660. The maximum absolute atomic E-state index is 10.5. The molecule has 19 heavy (non-hydrogen) atoms. The van der Waals surface area contributed by atoms with E-state index in [-0.39, 0.29) is 5.60 Å². The third kappa shape index (κ3) is 3.82. The van der Waals surface area contributed by atoms with E-state index in [9.17, 15) is 5.11 Å². The molecular weight excluding hydrogens is 232 g/mol. The SMILES string of the molecule is CCCc1ccc(C2CCC(O)(CCC)CC2)cc1. The van der Waals surface area contributed by atoms with Crippen LogP contribution in [-0.4, -0.2) is 10.7 Å². The van der Waals surface area contributed by atoms with Crippen LogP contribution in [0, 0.1) is 0 Å². The Bertz CT molecular complexity index is 371. The first-order chi connectivity index (χ1) is 9.17. The summed E-state index contributed by atoms with van der Waals surface area (Å²) in [6, 6.07) is 9.18. The summed E-state index contributed by atoms with van der Waals surface area (Å²) in [5, 5.41) is 10.5. The van der Waals surface area contributed by atoms with Crippen molar-refractivity contribution in [1.29, 1.82) is 0 Å². The maximum Gasteiger partial charge on any atom is 0.0648 e. The van der Waals surface area contributed by atoms with Crippen LogP contribution in [0.1, 0.15) is 75.8 Å². The van der Waals surface area contributed by atoms with Crippen molar-refractivity contribution >= 4 is 0 Å². The van der Waals surface area contributed by atoms with Crippen molar-refractivity contribution in [3.8, 4) is 0 Å². The summed E-state index contributed by atoms with van der Waals surface area (Å²) in [5.41, 5.74) is 2.55. The average molecular weight is 260 g/mol. The Kier molecular flexibility index (Phi) is 5.04. The fourth-order valence-corrected chi connectivity index (χ4v) is 3.45.